The third-order valence-electron chi connectivity index (χ3n) is 2.47. The molecule has 0 aliphatic rings. The molecule has 1 unspecified atom stereocenters. The SMILES string of the molecule is CNC(c1cnsn1)c1cc(Cl)ccc1OC. The number of rotatable bonds is 4. The van der Waals surface area contributed by atoms with E-state index in [4.69, 9.17) is 16.3 Å². The first-order chi connectivity index (χ1) is 8.26. The molecule has 90 valence electrons. The first-order valence-corrected chi connectivity index (χ1v) is 6.15. The average Bonchev–Trinajstić information content (AvgIpc) is 2.84. The Morgan fingerprint density at radius 1 is 1.47 bits per heavy atom. The first kappa shape index (κ1) is 12.3. The van der Waals surface area contributed by atoms with Gasteiger partial charge in [-0.05, 0) is 25.2 Å². The molecule has 0 saturated heterocycles. The predicted molar refractivity (Wildman–Crippen MR) is 68.8 cm³/mol. The van der Waals surface area contributed by atoms with E-state index >= 15 is 0 Å². The van der Waals surface area contributed by atoms with E-state index in [0.29, 0.717) is 5.02 Å². The number of aromatic nitrogens is 2. The van der Waals surface area contributed by atoms with E-state index < -0.39 is 0 Å². The molecule has 0 fully saturated rings. The molecule has 0 amide bonds. The van der Waals surface area contributed by atoms with Crippen LogP contribution in [0.1, 0.15) is 17.3 Å². The zero-order valence-corrected chi connectivity index (χ0v) is 11.0. The quantitative estimate of drug-likeness (QED) is 0.927. The molecular formula is C11H12ClN3OS. The molecule has 6 heteroatoms. The normalized spacial score (nSPS) is 12.4. The number of nitrogens with zero attached hydrogens (tertiary/aromatic N) is 2. The van der Waals surface area contributed by atoms with Crippen LogP contribution in [-0.2, 0) is 0 Å². The van der Waals surface area contributed by atoms with E-state index in [1.54, 1.807) is 19.4 Å². The van der Waals surface area contributed by atoms with Crippen LogP contribution in [0.2, 0.25) is 5.02 Å². The molecule has 2 rings (SSSR count). The molecule has 4 nitrogen and oxygen atoms in total. The van der Waals surface area contributed by atoms with E-state index in [2.05, 4.69) is 14.1 Å². The summed E-state index contributed by atoms with van der Waals surface area (Å²) in [6.07, 6.45) is 1.74. The Kier molecular flexibility index (Phi) is 3.93. The molecular weight excluding hydrogens is 258 g/mol. The van der Waals surface area contributed by atoms with Crippen LogP contribution in [0, 0.1) is 0 Å². The van der Waals surface area contributed by atoms with Crippen molar-refractivity contribution >= 4 is 23.3 Å². The number of hydrogen-bond donors (Lipinski definition) is 1. The van der Waals surface area contributed by atoms with Gasteiger partial charge in [0.2, 0.25) is 0 Å². The van der Waals surface area contributed by atoms with Crippen LogP contribution in [0.5, 0.6) is 5.75 Å². The largest absolute Gasteiger partial charge is 0.496 e. The van der Waals surface area contributed by atoms with Crippen molar-refractivity contribution in [2.24, 2.45) is 0 Å². The predicted octanol–water partition coefficient (Wildman–Crippen LogP) is 2.51. The summed E-state index contributed by atoms with van der Waals surface area (Å²) in [5.41, 5.74) is 1.81. The lowest BCUT2D eigenvalue weighted by molar-refractivity contribution is 0.405. The maximum Gasteiger partial charge on any atom is 0.124 e. The summed E-state index contributed by atoms with van der Waals surface area (Å²) in [6.45, 7) is 0. The second-order valence-corrected chi connectivity index (χ2v) is 4.43. The van der Waals surface area contributed by atoms with Gasteiger partial charge in [0.25, 0.3) is 0 Å². The molecule has 0 aliphatic heterocycles. The summed E-state index contributed by atoms with van der Waals surface area (Å²) in [4.78, 5) is 0. The number of nitrogens with one attached hydrogen (secondary N) is 1. The van der Waals surface area contributed by atoms with Gasteiger partial charge >= 0.3 is 0 Å². The smallest absolute Gasteiger partial charge is 0.124 e. The average molecular weight is 270 g/mol. The van der Waals surface area contributed by atoms with Crippen molar-refractivity contribution in [2.75, 3.05) is 14.2 Å². The number of ether oxygens (including phenoxy) is 1. The van der Waals surface area contributed by atoms with E-state index in [9.17, 15) is 0 Å². The Bertz CT molecular complexity index is 489. The second-order valence-electron chi connectivity index (χ2n) is 3.44. The minimum Gasteiger partial charge on any atom is -0.496 e. The van der Waals surface area contributed by atoms with Crippen molar-refractivity contribution in [3.8, 4) is 5.75 Å². The van der Waals surface area contributed by atoms with E-state index in [1.807, 2.05) is 19.2 Å². The van der Waals surface area contributed by atoms with Crippen LogP contribution in [0.15, 0.2) is 24.4 Å². The minimum atomic E-state index is -0.0672. The lowest BCUT2D eigenvalue weighted by Gasteiger charge is -2.17. The number of hydrogen-bond acceptors (Lipinski definition) is 5. The standard InChI is InChI=1S/C11H12ClN3OS/c1-13-11(9-6-14-17-15-9)8-5-7(12)3-4-10(8)16-2/h3-6,11,13H,1-2H3. The Morgan fingerprint density at radius 3 is 2.88 bits per heavy atom. The van der Waals surface area contributed by atoms with Gasteiger partial charge in [-0.15, -0.1) is 0 Å². The summed E-state index contributed by atoms with van der Waals surface area (Å²) < 4.78 is 13.6. The molecule has 0 bridgehead atoms. The monoisotopic (exact) mass is 269 g/mol. The van der Waals surface area contributed by atoms with Gasteiger partial charge in [0.15, 0.2) is 0 Å². The van der Waals surface area contributed by atoms with Gasteiger partial charge in [0.05, 0.1) is 36.8 Å². The van der Waals surface area contributed by atoms with Gasteiger partial charge < -0.3 is 10.1 Å². The highest BCUT2D eigenvalue weighted by molar-refractivity contribution is 6.99. The van der Waals surface area contributed by atoms with Crippen LogP contribution in [0.3, 0.4) is 0 Å². The summed E-state index contributed by atoms with van der Waals surface area (Å²) in [6, 6.07) is 5.46. The summed E-state index contributed by atoms with van der Waals surface area (Å²) >= 11 is 7.20. The van der Waals surface area contributed by atoms with Crippen molar-refractivity contribution in [3.05, 3.63) is 40.7 Å². The molecule has 17 heavy (non-hydrogen) atoms. The summed E-state index contributed by atoms with van der Waals surface area (Å²) in [5, 5.41) is 3.86. The highest BCUT2D eigenvalue weighted by Gasteiger charge is 2.19. The van der Waals surface area contributed by atoms with E-state index in [-0.39, 0.29) is 6.04 Å². The van der Waals surface area contributed by atoms with Crippen LogP contribution in [0.25, 0.3) is 0 Å². The van der Waals surface area contributed by atoms with Gasteiger partial charge in [-0.1, -0.05) is 11.6 Å². The van der Waals surface area contributed by atoms with E-state index in [0.717, 1.165) is 17.0 Å². The van der Waals surface area contributed by atoms with Crippen molar-refractivity contribution < 1.29 is 4.74 Å². The van der Waals surface area contributed by atoms with Gasteiger partial charge in [0, 0.05) is 10.6 Å². The van der Waals surface area contributed by atoms with Crippen molar-refractivity contribution in [3.63, 3.8) is 0 Å². The Morgan fingerprint density at radius 2 is 2.29 bits per heavy atom. The Balaban J connectivity index is 2.46. The van der Waals surface area contributed by atoms with E-state index in [1.165, 1.54) is 11.7 Å². The summed E-state index contributed by atoms with van der Waals surface area (Å²) in [5.74, 6) is 0.779. The maximum atomic E-state index is 6.02. The fraction of sp³-hybridized carbons (Fsp3) is 0.273. The number of methoxy groups -OCH3 is 1. The third kappa shape index (κ3) is 2.57. The fourth-order valence-electron chi connectivity index (χ4n) is 1.69. The van der Waals surface area contributed by atoms with Crippen LogP contribution in [-0.4, -0.2) is 22.9 Å². The highest BCUT2D eigenvalue weighted by atomic mass is 35.5. The zero-order chi connectivity index (χ0) is 12.3. The van der Waals surface area contributed by atoms with Gasteiger partial charge in [0.1, 0.15) is 5.75 Å². The molecule has 1 N–H and O–H groups in total. The molecule has 0 saturated carbocycles. The maximum absolute atomic E-state index is 6.02. The number of benzene rings is 1. The van der Waals surface area contributed by atoms with Gasteiger partial charge in [-0.2, -0.15) is 8.75 Å². The molecule has 1 aromatic heterocycles. The molecule has 1 heterocycles. The Hall–Kier alpha value is -1.17. The van der Waals surface area contributed by atoms with Crippen LogP contribution in [0.4, 0.5) is 0 Å². The minimum absolute atomic E-state index is 0.0672. The molecule has 0 radical (unpaired) electrons. The lowest BCUT2D eigenvalue weighted by Crippen LogP contribution is -2.18. The molecule has 0 spiro atoms. The van der Waals surface area contributed by atoms with Crippen LogP contribution >= 0.6 is 23.3 Å². The third-order valence-corrected chi connectivity index (χ3v) is 3.19. The van der Waals surface area contributed by atoms with Crippen LogP contribution < -0.4 is 10.1 Å². The highest BCUT2D eigenvalue weighted by Crippen LogP contribution is 2.31. The van der Waals surface area contributed by atoms with Gasteiger partial charge in [-0.25, -0.2) is 0 Å². The molecule has 1 aromatic carbocycles. The topological polar surface area (TPSA) is 47.0 Å². The van der Waals surface area contributed by atoms with Crippen molar-refractivity contribution in [1.82, 2.24) is 14.1 Å². The molecule has 0 aliphatic carbocycles. The van der Waals surface area contributed by atoms with Gasteiger partial charge in [-0.3, -0.25) is 0 Å². The van der Waals surface area contributed by atoms with Crippen molar-refractivity contribution in [2.45, 2.75) is 6.04 Å². The molecule has 1 atom stereocenters. The first-order valence-electron chi connectivity index (χ1n) is 5.04. The summed E-state index contributed by atoms with van der Waals surface area (Å²) in [7, 11) is 3.50. The molecule has 2 aromatic rings. The lowest BCUT2D eigenvalue weighted by atomic mass is 10.0. The second kappa shape index (κ2) is 5.44. The Labute approximate surface area is 109 Å². The number of halogens is 1. The van der Waals surface area contributed by atoms with Crippen molar-refractivity contribution in [1.29, 1.82) is 0 Å². The zero-order valence-electron chi connectivity index (χ0n) is 9.48. The fourth-order valence-corrected chi connectivity index (χ4v) is 2.32.